The number of benzene rings is 2. The number of nitrogens with zero attached hydrogens (tertiary/aromatic N) is 8. The molecular formula is C42H37F2N8NaO8S2. The number of methoxy groups -OCH3 is 1. The first-order valence-electron chi connectivity index (χ1n) is 18.6. The van der Waals surface area contributed by atoms with Crippen molar-refractivity contribution in [3.8, 4) is 12.1 Å². The molecule has 2 spiro atoms. The molecule has 3 N–H and O–H groups in total. The number of carboxylic acid groups (broad SMARTS) is 1. The Bertz CT molecular complexity index is 2630. The average molecular weight is 907 g/mol. The van der Waals surface area contributed by atoms with Crippen LogP contribution in [0.2, 0.25) is 0 Å². The molecule has 16 nitrogen and oxygen atoms in total. The molecule has 2 saturated carbocycles. The molecule has 4 aliphatic rings. The normalized spacial score (nSPS) is 16.3. The Kier molecular flexibility index (Phi) is 15.6. The van der Waals surface area contributed by atoms with Crippen LogP contribution in [0.15, 0.2) is 60.9 Å². The fourth-order valence-electron chi connectivity index (χ4n) is 7.75. The number of anilines is 4. The second-order valence-corrected chi connectivity index (χ2v) is 15.1. The fraction of sp³-hybridized carbons (Fsp3) is 0.286. The third-order valence-electron chi connectivity index (χ3n) is 11.1. The van der Waals surface area contributed by atoms with E-state index in [0.717, 1.165) is 26.0 Å². The Balaban J connectivity index is 0.000000258. The third kappa shape index (κ3) is 8.39. The number of aliphatic hydroxyl groups is 1. The van der Waals surface area contributed by atoms with Crippen LogP contribution in [0.25, 0.3) is 0 Å². The standard InChI is InChI=1S/C21H17FN4O3S.C20H15FN4O3S.CH4O.Na.H2O/c1-12-8-14(11-24-17(12)10-23)25-19(28)21(6-3-7-21)26(20(25)30)13-4-5-15(16(22)9-13)18(27)29-2;1-11-7-13(10-23-16(11)9-22)24-18(28)20(5-2-6-20)25(19(24)29)12-3-4-14(17(26)27)15(21)8-12;1-2;;/h4-5,8-9,11H,3,6-7H2,1-2H3;3-4,7-8,10H,2,5-6H2,1H3,(H,26,27);2H,1H3;;1H2/q;;;+1;/p-1. The van der Waals surface area contributed by atoms with Gasteiger partial charge in [-0.15, -0.1) is 0 Å². The van der Waals surface area contributed by atoms with Crippen molar-refractivity contribution in [1.29, 1.82) is 10.5 Å². The summed E-state index contributed by atoms with van der Waals surface area (Å²) in [6.07, 6.45) is 6.76. The first kappa shape index (κ1) is 49.8. The predicted molar refractivity (Wildman–Crippen MR) is 227 cm³/mol. The Labute approximate surface area is 392 Å². The molecule has 4 fully saturated rings. The Hall–Kier alpha value is -5.84. The molecule has 4 heterocycles. The van der Waals surface area contributed by atoms with Gasteiger partial charge in [-0.1, -0.05) is 0 Å². The predicted octanol–water partition coefficient (Wildman–Crippen LogP) is 2.84. The van der Waals surface area contributed by atoms with E-state index in [4.69, 9.17) is 45.2 Å². The van der Waals surface area contributed by atoms with E-state index in [0.29, 0.717) is 59.6 Å². The molecular weight excluding hydrogens is 870 g/mol. The molecule has 2 aliphatic carbocycles. The monoisotopic (exact) mass is 906 g/mol. The quantitative estimate of drug-likeness (QED) is 0.161. The van der Waals surface area contributed by atoms with Gasteiger partial charge in [0.05, 0.1) is 42.0 Å². The van der Waals surface area contributed by atoms with E-state index in [1.807, 2.05) is 12.1 Å². The van der Waals surface area contributed by atoms with Gasteiger partial charge in [-0.25, -0.2) is 28.3 Å². The van der Waals surface area contributed by atoms with E-state index in [-0.39, 0.29) is 74.0 Å². The topological polar surface area (TPSA) is 234 Å². The van der Waals surface area contributed by atoms with Gasteiger partial charge in [-0.2, -0.15) is 10.5 Å². The zero-order chi connectivity index (χ0) is 44.6. The maximum Gasteiger partial charge on any atom is 1.00 e. The van der Waals surface area contributed by atoms with Crippen molar-refractivity contribution in [2.75, 3.05) is 33.8 Å². The summed E-state index contributed by atoms with van der Waals surface area (Å²) >= 11 is 11.2. The van der Waals surface area contributed by atoms with Gasteiger partial charge < -0.3 is 30.2 Å². The van der Waals surface area contributed by atoms with Crippen LogP contribution in [-0.2, 0) is 14.3 Å². The van der Waals surface area contributed by atoms with Gasteiger partial charge in [0.1, 0.15) is 46.2 Å². The first-order valence-corrected chi connectivity index (χ1v) is 19.4. The van der Waals surface area contributed by atoms with Crippen molar-refractivity contribution in [2.45, 2.75) is 63.5 Å². The second kappa shape index (κ2) is 19.7. The summed E-state index contributed by atoms with van der Waals surface area (Å²) in [5.41, 5.74) is 0.924. The van der Waals surface area contributed by atoms with Crippen LogP contribution in [0.5, 0.6) is 0 Å². The Morgan fingerprint density at radius 2 is 1.11 bits per heavy atom. The summed E-state index contributed by atoms with van der Waals surface area (Å²) in [5.74, 6) is -4.23. The number of aliphatic hydroxyl groups excluding tert-OH is 1. The minimum atomic E-state index is -1.37. The summed E-state index contributed by atoms with van der Waals surface area (Å²) in [6, 6.07) is 15.1. The van der Waals surface area contributed by atoms with Crippen LogP contribution >= 0.6 is 24.4 Å². The molecule has 2 amide bonds. The number of nitriles is 2. The minimum Gasteiger partial charge on any atom is -0.870 e. The largest absolute Gasteiger partial charge is 1.00 e. The number of aryl methyl sites for hydroxylation is 2. The van der Waals surface area contributed by atoms with Gasteiger partial charge in [0, 0.05) is 18.5 Å². The van der Waals surface area contributed by atoms with E-state index >= 15 is 0 Å². The first-order chi connectivity index (χ1) is 29.1. The fourth-order valence-corrected chi connectivity index (χ4v) is 8.69. The SMILES string of the molecule is CO.COC(=O)c1ccc(N2C(=S)N(c3cnc(C#N)c(C)c3)C(=O)C23CCC3)cc1F.Cc1cc(N2C(=O)C3(CCC3)N(c3ccc(C(=O)O)c(F)c3)C2=S)cnc1C#N.[Na+].[OH-]. The zero-order valence-electron chi connectivity index (χ0n) is 34.5. The van der Waals surface area contributed by atoms with Gasteiger partial charge in [0.15, 0.2) is 10.2 Å². The number of hydrogen-bond donors (Lipinski definition) is 2. The van der Waals surface area contributed by atoms with Crippen molar-refractivity contribution in [3.63, 3.8) is 0 Å². The summed E-state index contributed by atoms with van der Waals surface area (Å²) in [6.45, 7) is 3.45. The van der Waals surface area contributed by atoms with Crippen LogP contribution in [0.4, 0.5) is 31.5 Å². The molecule has 0 bridgehead atoms. The van der Waals surface area contributed by atoms with Crippen molar-refractivity contribution in [1.82, 2.24) is 9.97 Å². The number of carboxylic acids is 1. The van der Waals surface area contributed by atoms with Crippen LogP contribution in [0.1, 0.15) is 81.8 Å². The van der Waals surface area contributed by atoms with E-state index in [1.165, 1.54) is 53.6 Å². The van der Waals surface area contributed by atoms with Crippen molar-refractivity contribution in [3.05, 3.63) is 106 Å². The molecule has 63 heavy (non-hydrogen) atoms. The van der Waals surface area contributed by atoms with Gasteiger partial charge in [0.2, 0.25) is 0 Å². The van der Waals surface area contributed by atoms with E-state index in [1.54, 1.807) is 41.8 Å². The summed E-state index contributed by atoms with van der Waals surface area (Å²) in [4.78, 5) is 63.8. The van der Waals surface area contributed by atoms with Crippen LogP contribution in [0, 0.1) is 48.1 Å². The van der Waals surface area contributed by atoms with E-state index in [2.05, 4.69) is 14.7 Å². The third-order valence-corrected chi connectivity index (χ3v) is 11.8. The number of amides is 2. The second-order valence-electron chi connectivity index (χ2n) is 14.4. The van der Waals surface area contributed by atoms with Gasteiger partial charge in [-0.05, 0) is 136 Å². The number of aromatic nitrogens is 2. The van der Waals surface area contributed by atoms with Crippen LogP contribution in [-0.4, -0.2) is 84.9 Å². The summed E-state index contributed by atoms with van der Waals surface area (Å²) < 4.78 is 33.5. The summed E-state index contributed by atoms with van der Waals surface area (Å²) in [5, 5.41) is 34.6. The van der Waals surface area contributed by atoms with Gasteiger partial charge >= 0.3 is 41.5 Å². The molecule has 2 aliphatic heterocycles. The number of carbonyl (C=O) groups is 4. The zero-order valence-corrected chi connectivity index (χ0v) is 38.2. The van der Waals surface area contributed by atoms with Gasteiger partial charge in [0.25, 0.3) is 11.8 Å². The number of esters is 1. The maximum absolute atomic E-state index is 14.6. The van der Waals surface area contributed by atoms with Crippen LogP contribution in [0.3, 0.4) is 0 Å². The number of ether oxygens (including phenoxy) is 1. The molecule has 0 unspecified atom stereocenters. The Morgan fingerprint density at radius 3 is 1.40 bits per heavy atom. The van der Waals surface area contributed by atoms with Crippen molar-refractivity contribution >= 4 is 81.2 Å². The van der Waals surface area contributed by atoms with E-state index < -0.39 is 40.2 Å². The Morgan fingerprint density at radius 1 is 0.730 bits per heavy atom. The molecule has 320 valence electrons. The molecule has 2 aromatic heterocycles. The molecule has 0 atom stereocenters. The van der Waals surface area contributed by atoms with Gasteiger partial charge in [-0.3, -0.25) is 19.4 Å². The number of thiocarbonyl (C=S) groups is 2. The number of halogens is 2. The van der Waals surface area contributed by atoms with Crippen molar-refractivity contribution < 1.29 is 77.9 Å². The average Bonchev–Trinajstić information content (AvgIpc) is 3.60. The number of hydrogen-bond acceptors (Lipinski definition) is 13. The molecule has 21 heteroatoms. The number of pyridine rings is 2. The molecule has 2 aromatic carbocycles. The molecule has 2 saturated heterocycles. The maximum atomic E-state index is 14.6. The van der Waals surface area contributed by atoms with Crippen LogP contribution < -0.4 is 49.2 Å². The van der Waals surface area contributed by atoms with Crippen molar-refractivity contribution in [2.24, 2.45) is 0 Å². The minimum absolute atomic E-state index is 0. The molecule has 8 rings (SSSR count). The molecule has 4 aromatic rings. The van der Waals surface area contributed by atoms with E-state index in [9.17, 15) is 28.0 Å². The molecule has 0 radical (unpaired) electrons. The summed E-state index contributed by atoms with van der Waals surface area (Å²) in [7, 11) is 2.18. The smallest absolute Gasteiger partial charge is 0.870 e. The number of carbonyl (C=O) groups excluding carboxylic acids is 3. The number of aromatic carboxylic acids is 1. The number of rotatable bonds is 6.